The molecule has 0 aliphatic carbocycles. The molecule has 1 unspecified atom stereocenters. The molecule has 0 spiro atoms. The van der Waals surface area contributed by atoms with Crippen LogP contribution in [0.15, 0.2) is 34.8 Å². The van der Waals surface area contributed by atoms with E-state index in [-0.39, 0.29) is 5.38 Å². The van der Waals surface area contributed by atoms with Gasteiger partial charge < -0.3 is 0 Å². The Bertz CT molecular complexity index is 502. The highest BCUT2D eigenvalue weighted by molar-refractivity contribution is 9.10. The molecule has 2 aromatic rings. The van der Waals surface area contributed by atoms with Gasteiger partial charge in [-0.3, -0.25) is 0 Å². The minimum atomic E-state index is 0.00321. The number of alkyl halides is 1. The predicted molar refractivity (Wildman–Crippen MR) is 80.5 cm³/mol. The molecule has 1 aromatic carbocycles. The van der Waals surface area contributed by atoms with E-state index in [1.54, 1.807) is 11.3 Å². The van der Waals surface area contributed by atoms with Gasteiger partial charge in [-0.05, 0) is 53.0 Å². The smallest absolute Gasteiger partial charge is 0.0719 e. The Morgan fingerprint density at radius 3 is 2.71 bits per heavy atom. The molecule has 1 heterocycles. The van der Waals surface area contributed by atoms with Crippen molar-refractivity contribution in [2.24, 2.45) is 0 Å². The first-order chi connectivity index (χ1) is 8.06. The van der Waals surface area contributed by atoms with Crippen LogP contribution in [0.5, 0.6) is 0 Å². The van der Waals surface area contributed by atoms with Gasteiger partial charge in [-0.1, -0.05) is 23.7 Å². The summed E-state index contributed by atoms with van der Waals surface area (Å²) in [5.74, 6) is 0. The predicted octanol–water partition coefficient (Wildman–Crippen LogP) is 6.00. The summed E-state index contributed by atoms with van der Waals surface area (Å²) >= 11 is 17.6. The minimum absolute atomic E-state index is 0.00321. The van der Waals surface area contributed by atoms with Crippen LogP contribution >= 0.6 is 50.5 Å². The average Bonchev–Trinajstić information content (AvgIpc) is 2.59. The lowest BCUT2D eigenvalue weighted by Gasteiger charge is -2.07. The summed E-state index contributed by atoms with van der Waals surface area (Å²) < 4.78 is 1.13. The first-order valence-electron chi connectivity index (χ1n) is 5.20. The first-order valence-corrected chi connectivity index (χ1v) is 7.63. The molecule has 0 radical (unpaired) electrons. The maximum absolute atomic E-state index is 6.42. The third-order valence-corrected chi connectivity index (χ3v) is 5.49. The number of hydrogen-bond donors (Lipinski definition) is 0. The number of hydrogen-bond acceptors (Lipinski definition) is 1. The van der Waals surface area contributed by atoms with Crippen molar-refractivity contribution in [3.63, 3.8) is 0 Å². The standard InChI is InChI=1S/C13H11BrCl2S/c1-8-11(14)7-13(17-8)12(16)6-9-3-2-4-10(15)5-9/h2-5,7,12H,6H2,1H3. The molecule has 4 heteroatoms. The van der Waals surface area contributed by atoms with Crippen LogP contribution in [0.4, 0.5) is 0 Å². The molecule has 0 amide bonds. The summed E-state index contributed by atoms with van der Waals surface area (Å²) in [4.78, 5) is 2.45. The molecular formula is C13H11BrCl2S. The van der Waals surface area contributed by atoms with Crippen LogP contribution in [-0.2, 0) is 6.42 Å². The third kappa shape index (κ3) is 3.47. The van der Waals surface area contributed by atoms with E-state index in [2.05, 4.69) is 35.0 Å². The maximum Gasteiger partial charge on any atom is 0.0719 e. The molecule has 0 aliphatic rings. The third-order valence-electron chi connectivity index (χ3n) is 2.49. The van der Waals surface area contributed by atoms with E-state index < -0.39 is 0 Å². The van der Waals surface area contributed by atoms with Crippen LogP contribution in [0.1, 0.15) is 20.7 Å². The van der Waals surface area contributed by atoms with E-state index in [0.717, 1.165) is 15.9 Å². The molecule has 2 rings (SSSR count). The number of benzene rings is 1. The molecule has 0 bridgehead atoms. The fourth-order valence-corrected chi connectivity index (χ4v) is 3.73. The van der Waals surface area contributed by atoms with Gasteiger partial charge >= 0.3 is 0 Å². The van der Waals surface area contributed by atoms with E-state index in [1.165, 1.54) is 15.3 Å². The fraction of sp³-hybridized carbons (Fsp3) is 0.231. The van der Waals surface area contributed by atoms with Crippen molar-refractivity contribution in [2.45, 2.75) is 18.7 Å². The maximum atomic E-state index is 6.42. The van der Waals surface area contributed by atoms with E-state index in [0.29, 0.717) is 0 Å². The van der Waals surface area contributed by atoms with Crippen LogP contribution in [0.2, 0.25) is 5.02 Å². The highest BCUT2D eigenvalue weighted by Gasteiger charge is 2.13. The highest BCUT2D eigenvalue weighted by atomic mass is 79.9. The highest BCUT2D eigenvalue weighted by Crippen LogP contribution is 2.35. The Balaban J connectivity index is 2.14. The Hall–Kier alpha value is -0.0200. The molecule has 90 valence electrons. The first kappa shape index (κ1) is 13.4. The van der Waals surface area contributed by atoms with E-state index in [4.69, 9.17) is 23.2 Å². The SMILES string of the molecule is Cc1sc(C(Cl)Cc2cccc(Cl)c2)cc1Br. The fourth-order valence-electron chi connectivity index (χ4n) is 1.61. The van der Waals surface area contributed by atoms with E-state index in [9.17, 15) is 0 Å². The zero-order valence-electron chi connectivity index (χ0n) is 9.21. The second kappa shape index (κ2) is 5.75. The molecule has 0 saturated heterocycles. The zero-order valence-corrected chi connectivity index (χ0v) is 13.1. The van der Waals surface area contributed by atoms with Gasteiger partial charge in [-0.15, -0.1) is 22.9 Å². The van der Waals surface area contributed by atoms with Crippen LogP contribution in [0, 0.1) is 6.92 Å². The molecule has 0 fully saturated rings. The van der Waals surface area contributed by atoms with E-state index in [1.807, 2.05) is 18.2 Å². The largest absolute Gasteiger partial charge is 0.143 e. The lowest BCUT2D eigenvalue weighted by atomic mass is 10.1. The average molecular weight is 350 g/mol. The molecule has 1 aromatic heterocycles. The zero-order chi connectivity index (χ0) is 12.4. The lowest BCUT2D eigenvalue weighted by Crippen LogP contribution is -1.93. The Labute approximate surface area is 124 Å². The van der Waals surface area contributed by atoms with Crippen molar-refractivity contribution in [2.75, 3.05) is 0 Å². The number of rotatable bonds is 3. The summed E-state index contributed by atoms with van der Waals surface area (Å²) in [7, 11) is 0. The summed E-state index contributed by atoms with van der Waals surface area (Å²) in [5.41, 5.74) is 1.17. The number of aryl methyl sites for hydroxylation is 1. The van der Waals surface area contributed by atoms with Crippen LogP contribution < -0.4 is 0 Å². The van der Waals surface area contributed by atoms with Crippen molar-refractivity contribution in [3.05, 3.63) is 55.1 Å². The Morgan fingerprint density at radius 2 is 2.12 bits per heavy atom. The normalized spacial score (nSPS) is 12.7. The lowest BCUT2D eigenvalue weighted by molar-refractivity contribution is 0.940. The topological polar surface area (TPSA) is 0 Å². The monoisotopic (exact) mass is 348 g/mol. The van der Waals surface area contributed by atoms with Crippen LogP contribution in [0.3, 0.4) is 0 Å². The summed E-state index contributed by atoms with van der Waals surface area (Å²) in [5, 5.41) is 0.762. The molecule has 0 N–H and O–H groups in total. The van der Waals surface area contributed by atoms with Gasteiger partial charge in [0.05, 0.1) is 5.38 Å². The van der Waals surface area contributed by atoms with Gasteiger partial charge in [0, 0.05) is 19.2 Å². The van der Waals surface area contributed by atoms with Crippen molar-refractivity contribution < 1.29 is 0 Å². The van der Waals surface area contributed by atoms with Gasteiger partial charge in [0.15, 0.2) is 0 Å². The van der Waals surface area contributed by atoms with Crippen molar-refractivity contribution in [1.29, 1.82) is 0 Å². The number of halogens is 3. The summed E-state index contributed by atoms with van der Waals surface area (Å²) in [6.07, 6.45) is 0.800. The molecule has 0 aliphatic heterocycles. The molecule has 0 nitrogen and oxygen atoms in total. The van der Waals surface area contributed by atoms with Gasteiger partial charge in [-0.25, -0.2) is 0 Å². The van der Waals surface area contributed by atoms with Crippen molar-refractivity contribution in [1.82, 2.24) is 0 Å². The summed E-state index contributed by atoms with van der Waals surface area (Å²) in [6.45, 7) is 2.08. The van der Waals surface area contributed by atoms with Gasteiger partial charge in [0.25, 0.3) is 0 Å². The second-order valence-electron chi connectivity index (χ2n) is 3.85. The Morgan fingerprint density at radius 1 is 1.35 bits per heavy atom. The van der Waals surface area contributed by atoms with Crippen LogP contribution in [-0.4, -0.2) is 0 Å². The van der Waals surface area contributed by atoms with Crippen molar-refractivity contribution in [3.8, 4) is 0 Å². The molecular weight excluding hydrogens is 339 g/mol. The summed E-state index contributed by atoms with van der Waals surface area (Å²) in [6, 6.07) is 9.95. The van der Waals surface area contributed by atoms with Gasteiger partial charge in [0.2, 0.25) is 0 Å². The quantitative estimate of drug-likeness (QED) is 0.596. The van der Waals surface area contributed by atoms with Gasteiger partial charge in [-0.2, -0.15) is 0 Å². The van der Waals surface area contributed by atoms with E-state index >= 15 is 0 Å². The van der Waals surface area contributed by atoms with Crippen LogP contribution in [0.25, 0.3) is 0 Å². The Kier molecular flexibility index (Phi) is 4.53. The number of thiophene rings is 1. The van der Waals surface area contributed by atoms with Crippen molar-refractivity contribution >= 4 is 50.5 Å². The second-order valence-corrected chi connectivity index (χ2v) is 6.96. The molecule has 1 atom stereocenters. The molecule has 17 heavy (non-hydrogen) atoms. The molecule has 0 saturated carbocycles. The van der Waals surface area contributed by atoms with Gasteiger partial charge in [0.1, 0.15) is 0 Å². The minimum Gasteiger partial charge on any atom is -0.143 e.